The molecule has 0 fully saturated rings. The van der Waals surface area contributed by atoms with Gasteiger partial charge in [0.25, 0.3) is 0 Å². The molecule has 2 heteroatoms. The summed E-state index contributed by atoms with van der Waals surface area (Å²) in [5.41, 5.74) is 4.02. The van der Waals surface area contributed by atoms with E-state index in [1.54, 1.807) is 0 Å². The molecule has 0 unspecified atom stereocenters. The molecular formula is C19H22N2. The highest BCUT2D eigenvalue weighted by Gasteiger charge is 2.09. The van der Waals surface area contributed by atoms with Crippen LogP contribution in [0.25, 0.3) is 10.9 Å². The Balaban J connectivity index is 1.78. The van der Waals surface area contributed by atoms with Crippen molar-refractivity contribution in [2.75, 3.05) is 0 Å². The van der Waals surface area contributed by atoms with Crippen LogP contribution in [0.1, 0.15) is 31.0 Å². The minimum absolute atomic E-state index is 0.484. The summed E-state index contributed by atoms with van der Waals surface area (Å²) in [6.07, 6.45) is 2.29. The van der Waals surface area contributed by atoms with E-state index < -0.39 is 0 Å². The molecular weight excluding hydrogens is 256 g/mol. The Hall–Kier alpha value is -2.06. The van der Waals surface area contributed by atoms with E-state index in [-0.39, 0.29) is 0 Å². The topological polar surface area (TPSA) is 17.0 Å². The van der Waals surface area contributed by atoms with Gasteiger partial charge in [-0.15, -0.1) is 0 Å². The third kappa shape index (κ3) is 3.01. The van der Waals surface area contributed by atoms with Crippen LogP contribution in [0.5, 0.6) is 0 Å². The number of benzene rings is 2. The van der Waals surface area contributed by atoms with Crippen molar-refractivity contribution in [1.29, 1.82) is 0 Å². The minimum atomic E-state index is 0.484. The standard InChI is InChI=1S/C19H22N2/c1-15(2)21-14-17(18-10-6-7-11-19(18)21)13-20-12-16-8-4-3-5-9-16/h3-11,14-15,20H,12-13H2,1-2H3. The lowest BCUT2D eigenvalue weighted by molar-refractivity contribution is 0.616. The van der Waals surface area contributed by atoms with Crippen molar-refractivity contribution in [2.45, 2.75) is 33.0 Å². The fourth-order valence-electron chi connectivity index (χ4n) is 2.78. The molecule has 2 aromatic carbocycles. The molecule has 1 heterocycles. The molecule has 0 amide bonds. The largest absolute Gasteiger partial charge is 0.345 e. The maximum absolute atomic E-state index is 3.55. The number of fused-ring (bicyclic) bond motifs is 1. The number of para-hydroxylation sites is 1. The van der Waals surface area contributed by atoms with E-state index in [1.165, 1.54) is 22.0 Å². The molecule has 0 atom stereocenters. The summed E-state index contributed by atoms with van der Waals surface area (Å²) in [7, 11) is 0. The SMILES string of the molecule is CC(C)n1cc(CNCc2ccccc2)c2ccccc21. The molecule has 1 N–H and O–H groups in total. The lowest BCUT2D eigenvalue weighted by Gasteiger charge is -2.08. The van der Waals surface area contributed by atoms with Gasteiger partial charge in [0.2, 0.25) is 0 Å². The Morgan fingerprint density at radius 1 is 0.905 bits per heavy atom. The maximum Gasteiger partial charge on any atom is 0.0486 e. The normalized spacial score (nSPS) is 11.4. The van der Waals surface area contributed by atoms with E-state index in [4.69, 9.17) is 0 Å². The molecule has 1 aromatic heterocycles. The average molecular weight is 278 g/mol. The smallest absolute Gasteiger partial charge is 0.0486 e. The zero-order valence-corrected chi connectivity index (χ0v) is 12.7. The summed E-state index contributed by atoms with van der Waals surface area (Å²) in [6, 6.07) is 19.7. The Bertz CT molecular complexity index is 711. The lowest BCUT2D eigenvalue weighted by Crippen LogP contribution is -2.12. The number of nitrogens with one attached hydrogen (secondary N) is 1. The van der Waals surface area contributed by atoms with Crippen LogP contribution in [0.4, 0.5) is 0 Å². The number of hydrogen-bond acceptors (Lipinski definition) is 1. The summed E-state index contributed by atoms with van der Waals surface area (Å²) in [5.74, 6) is 0. The molecule has 2 nitrogen and oxygen atoms in total. The van der Waals surface area contributed by atoms with Crippen molar-refractivity contribution in [1.82, 2.24) is 9.88 Å². The second-order valence-electron chi connectivity index (χ2n) is 5.76. The third-order valence-electron chi connectivity index (χ3n) is 3.87. The Morgan fingerprint density at radius 3 is 2.38 bits per heavy atom. The first-order valence-corrected chi connectivity index (χ1v) is 7.59. The quantitative estimate of drug-likeness (QED) is 0.726. The van der Waals surface area contributed by atoms with Crippen LogP contribution < -0.4 is 5.32 Å². The maximum atomic E-state index is 3.55. The van der Waals surface area contributed by atoms with Gasteiger partial charge in [0, 0.05) is 36.2 Å². The molecule has 0 aliphatic rings. The van der Waals surface area contributed by atoms with Gasteiger partial charge in [-0.3, -0.25) is 0 Å². The Labute approximate surface area is 126 Å². The lowest BCUT2D eigenvalue weighted by atomic mass is 10.1. The van der Waals surface area contributed by atoms with Gasteiger partial charge in [0.05, 0.1) is 0 Å². The zero-order valence-electron chi connectivity index (χ0n) is 12.7. The van der Waals surface area contributed by atoms with Crippen molar-refractivity contribution in [3.63, 3.8) is 0 Å². The third-order valence-corrected chi connectivity index (χ3v) is 3.87. The molecule has 0 saturated heterocycles. The first kappa shape index (κ1) is 13.9. The molecule has 108 valence electrons. The molecule has 0 spiro atoms. The van der Waals surface area contributed by atoms with Gasteiger partial charge in [-0.2, -0.15) is 0 Å². The van der Waals surface area contributed by atoms with Crippen LogP contribution >= 0.6 is 0 Å². The fraction of sp³-hybridized carbons (Fsp3) is 0.263. The van der Waals surface area contributed by atoms with E-state index in [0.29, 0.717) is 6.04 Å². The van der Waals surface area contributed by atoms with Crippen molar-refractivity contribution >= 4 is 10.9 Å². The molecule has 0 aliphatic heterocycles. The average Bonchev–Trinajstić information content (AvgIpc) is 2.88. The van der Waals surface area contributed by atoms with Gasteiger partial charge in [-0.25, -0.2) is 0 Å². The van der Waals surface area contributed by atoms with Crippen LogP contribution in [0.2, 0.25) is 0 Å². The monoisotopic (exact) mass is 278 g/mol. The molecule has 0 bridgehead atoms. The van der Waals surface area contributed by atoms with Crippen LogP contribution in [0.15, 0.2) is 60.8 Å². The van der Waals surface area contributed by atoms with E-state index in [2.05, 4.69) is 84.5 Å². The predicted octanol–water partition coefficient (Wildman–Crippen LogP) is 4.51. The van der Waals surface area contributed by atoms with E-state index in [9.17, 15) is 0 Å². The van der Waals surface area contributed by atoms with Crippen molar-refractivity contribution in [3.05, 3.63) is 71.9 Å². The van der Waals surface area contributed by atoms with Gasteiger partial charge in [-0.1, -0.05) is 48.5 Å². The van der Waals surface area contributed by atoms with Crippen molar-refractivity contribution in [3.8, 4) is 0 Å². The van der Waals surface area contributed by atoms with Crippen LogP contribution in [0.3, 0.4) is 0 Å². The number of nitrogens with zero attached hydrogens (tertiary/aromatic N) is 1. The molecule has 3 aromatic rings. The fourth-order valence-corrected chi connectivity index (χ4v) is 2.78. The molecule has 21 heavy (non-hydrogen) atoms. The first-order valence-electron chi connectivity index (χ1n) is 7.59. The number of rotatable bonds is 5. The van der Waals surface area contributed by atoms with Gasteiger partial charge in [0.1, 0.15) is 0 Å². The summed E-state index contributed by atoms with van der Waals surface area (Å²) in [5, 5.41) is 4.90. The second kappa shape index (κ2) is 6.15. The summed E-state index contributed by atoms with van der Waals surface area (Å²) in [6.45, 7) is 6.26. The van der Waals surface area contributed by atoms with Crippen molar-refractivity contribution in [2.24, 2.45) is 0 Å². The van der Waals surface area contributed by atoms with E-state index >= 15 is 0 Å². The number of aromatic nitrogens is 1. The molecule has 0 aliphatic carbocycles. The van der Waals surface area contributed by atoms with E-state index in [1.807, 2.05) is 0 Å². The minimum Gasteiger partial charge on any atom is -0.345 e. The van der Waals surface area contributed by atoms with Crippen LogP contribution in [-0.4, -0.2) is 4.57 Å². The summed E-state index contributed by atoms with van der Waals surface area (Å²) in [4.78, 5) is 0. The first-order chi connectivity index (χ1) is 10.3. The molecule has 3 rings (SSSR count). The van der Waals surface area contributed by atoms with Gasteiger partial charge >= 0.3 is 0 Å². The summed E-state index contributed by atoms with van der Waals surface area (Å²) >= 11 is 0. The van der Waals surface area contributed by atoms with E-state index in [0.717, 1.165) is 13.1 Å². The van der Waals surface area contributed by atoms with Gasteiger partial charge < -0.3 is 9.88 Å². The predicted molar refractivity (Wildman–Crippen MR) is 89.3 cm³/mol. The Morgan fingerprint density at radius 2 is 1.62 bits per heavy atom. The highest BCUT2D eigenvalue weighted by atomic mass is 15.0. The van der Waals surface area contributed by atoms with Crippen LogP contribution in [-0.2, 0) is 13.1 Å². The molecule has 0 saturated carbocycles. The second-order valence-corrected chi connectivity index (χ2v) is 5.76. The molecule has 0 radical (unpaired) electrons. The highest BCUT2D eigenvalue weighted by molar-refractivity contribution is 5.84. The number of hydrogen-bond donors (Lipinski definition) is 1. The van der Waals surface area contributed by atoms with Crippen LogP contribution in [0, 0.1) is 0 Å². The zero-order chi connectivity index (χ0) is 14.7. The van der Waals surface area contributed by atoms with Gasteiger partial charge in [0.15, 0.2) is 0 Å². The van der Waals surface area contributed by atoms with Gasteiger partial charge in [-0.05, 0) is 31.0 Å². The van der Waals surface area contributed by atoms with Crippen molar-refractivity contribution < 1.29 is 0 Å². The summed E-state index contributed by atoms with van der Waals surface area (Å²) < 4.78 is 2.36. The highest BCUT2D eigenvalue weighted by Crippen LogP contribution is 2.24. The Kier molecular flexibility index (Phi) is 4.07.